The van der Waals surface area contributed by atoms with Crippen molar-refractivity contribution in [2.45, 2.75) is 32.3 Å². The molecule has 1 unspecified atom stereocenters. The van der Waals surface area contributed by atoms with Crippen LogP contribution in [0.4, 0.5) is 0 Å². The Bertz CT molecular complexity index is 552. The van der Waals surface area contributed by atoms with Gasteiger partial charge in [0.1, 0.15) is 0 Å². The van der Waals surface area contributed by atoms with E-state index in [2.05, 4.69) is 17.2 Å². The van der Waals surface area contributed by atoms with E-state index in [0.29, 0.717) is 24.8 Å². The molecule has 0 saturated carbocycles. The van der Waals surface area contributed by atoms with Gasteiger partial charge in [0.2, 0.25) is 0 Å². The van der Waals surface area contributed by atoms with Crippen molar-refractivity contribution >= 4 is 5.91 Å². The summed E-state index contributed by atoms with van der Waals surface area (Å²) in [4.78, 5) is 12.2. The first-order valence-corrected chi connectivity index (χ1v) is 7.40. The second-order valence-electron chi connectivity index (χ2n) is 5.16. The summed E-state index contributed by atoms with van der Waals surface area (Å²) >= 11 is 0. The lowest BCUT2D eigenvalue weighted by Gasteiger charge is -2.11. The minimum atomic E-state index is -0.0538. The molecule has 4 nitrogen and oxygen atoms in total. The van der Waals surface area contributed by atoms with Crippen LogP contribution >= 0.6 is 0 Å². The highest BCUT2D eigenvalue weighted by atomic mass is 16.5. The number of carbonyl (C=O) groups excluding carboxylic acids is 1. The molecule has 0 radical (unpaired) electrons. The van der Waals surface area contributed by atoms with Crippen LogP contribution < -0.4 is 11.1 Å². The summed E-state index contributed by atoms with van der Waals surface area (Å²) in [5.41, 5.74) is 7.81. The summed E-state index contributed by atoms with van der Waals surface area (Å²) in [6.45, 7) is 3.72. The zero-order valence-electron chi connectivity index (χ0n) is 12.4. The number of amides is 1. The number of carbonyl (C=O) groups is 1. The lowest BCUT2D eigenvalue weighted by Crippen LogP contribution is -2.27. The fourth-order valence-corrected chi connectivity index (χ4v) is 2.48. The normalized spacial score (nSPS) is 17.1. The van der Waals surface area contributed by atoms with Gasteiger partial charge in [-0.05, 0) is 43.9 Å². The van der Waals surface area contributed by atoms with E-state index in [9.17, 15) is 4.79 Å². The Morgan fingerprint density at radius 2 is 2.38 bits per heavy atom. The summed E-state index contributed by atoms with van der Waals surface area (Å²) in [5.74, 6) is 5.76. The highest BCUT2D eigenvalue weighted by molar-refractivity contribution is 5.96. The van der Waals surface area contributed by atoms with Crippen LogP contribution in [0.3, 0.4) is 0 Å². The van der Waals surface area contributed by atoms with Gasteiger partial charge in [-0.25, -0.2) is 0 Å². The van der Waals surface area contributed by atoms with E-state index in [1.807, 2.05) is 25.1 Å². The first kappa shape index (κ1) is 15.6. The molecule has 1 amide bonds. The molecule has 0 aliphatic carbocycles. The van der Waals surface area contributed by atoms with Gasteiger partial charge in [-0.2, -0.15) is 0 Å². The fraction of sp³-hybridized carbons (Fsp3) is 0.471. The van der Waals surface area contributed by atoms with Gasteiger partial charge in [0.15, 0.2) is 0 Å². The van der Waals surface area contributed by atoms with Crippen molar-refractivity contribution in [2.24, 2.45) is 5.73 Å². The van der Waals surface area contributed by atoms with E-state index in [0.717, 1.165) is 37.0 Å². The Morgan fingerprint density at radius 1 is 1.52 bits per heavy atom. The molecule has 1 fully saturated rings. The summed E-state index contributed by atoms with van der Waals surface area (Å²) in [7, 11) is 0. The molecule has 4 heteroatoms. The van der Waals surface area contributed by atoms with Crippen LogP contribution in [-0.4, -0.2) is 31.7 Å². The SMILES string of the molecule is Cc1c(C#CCN)cccc1C(=O)NCCC1CCCO1. The highest BCUT2D eigenvalue weighted by Gasteiger charge is 2.16. The van der Waals surface area contributed by atoms with Crippen molar-refractivity contribution in [1.82, 2.24) is 5.32 Å². The standard InChI is InChI=1S/C17H22N2O2/c1-13-14(6-3-10-18)5-2-8-16(13)17(20)19-11-9-15-7-4-12-21-15/h2,5,8,15H,4,7,9-12,18H2,1H3,(H,19,20). The molecule has 21 heavy (non-hydrogen) atoms. The van der Waals surface area contributed by atoms with Crippen molar-refractivity contribution in [3.8, 4) is 11.8 Å². The minimum Gasteiger partial charge on any atom is -0.378 e. The fourth-order valence-electron chi connectivity index (χ4n) is 2.48. The van der Waals surface area contributed by atoms with E-state index < -0.39 is 0 Å². The smallest absolute Gasteiger partial charge is 0.251 e. The van der Waals surface area contributed by atoms with Crippen LogP contribution in [0.1, 0.15) is 40.7 Å². The molecule has 1 aromatic rings. The summed E-state index contributed by atoms with van der Waals surface area (Å²) in [5, 5.41) is 2.96. The summed E-state index contributed by atoms with van der Waals surface area (Å²) in [6.07, 6.45) is 3.39. The predicted molar refractivity (Wildman–Crippen MR) is 83.0 cm³/mol. The Hall–Kier alpha value is -1.83. The van der Waals surface area contributed by atoms with Crippen molar-refractivity contribution in [3.63, 3.8) is 0 Å². The Labute approximate surface area is 126 Å². The van der Waals surface area contributed by atoms with E-state index in [4.69, 9.17) is 10.5 Å². The van der Waals surface area contributed by atoms with Gasteiger partial charge in [-0.15, -0.1) is 0 Å². The van der Waals surface area contributed by atoms with Gasteiger partial charge in [-0.3, -0.25) is 4.79 Å². The topological polar surface area (TPSA) is 64.4 Å². The molecule has 0 spiro atoms. The lowest BCUT2D eigenvalue weighted by atomic mass is 10.0. The third-order valence-electron chi connectivity index (χ3n) is 3.68. The number of hydrogen-bond acceptors (Lipinski definition) is 3. The van der Waals surface area contributed by atoms with Gasteiger partial charge in [0, 0.05) is 24.3 Å². The van der Waals surface area contributed by atoms with E-state index in [1.165, 1.54) is 0 Å². The molecule has 1 aromatic carbocycles. The van der Waals surface area contributed by atoms with Crippen LogP contribution in [0.2, 0.25) is 0 Å². The lowest BCUT2D eigenvalue weighted by molar-refractivity contribution is 0.0906. The van der Waals surface area contributed by atoms with Crippen molar-refractivity contribution in [3.05, 3.63) is 34.9 Å². The average Bonchev–Trinajstić information content (AvgIpc) is 2.99. The van der Waals surface area contributed by atoms with E-state index >= 15 is 0 Å². The zero-order valence-corrected chi connectivity index (χ0v) is 12.4. The molecule has 1 aliphatic rings. The maximum absolute atomic E-state index is 12.2. The van der Waals surface area contributed by atoms with E-state index in [-0.39, 0.29) is 5.91 Å². The van der Waals surface area contributed by atoms with Crippen molar-refractivity contribution in [2.75, 3.05) is 19.7 Å². The van der Waals surface area contributed by atoms with Gasteiger partial charge < -0.3 is 15.8 Å². The van der Waals surface area contributed by atoms with Gasteiger partial charge in [0.25, 0.3) is 5.91 Å². The number of hydrogen-bond donors (Lipinski definition) is 2. The van der Waals surface area contributed by atoms with Gasteiger partial charge >= 0.3 is 0 Å². The van der Waals surface area contributed by atoms with Gasteiger partial charge in [-0.1, -0.05) is 17.9 Å². The quantitative estimate of drug-likeness (QED) is 0.826. The third-order valence-corrected chi connectivity index (χ3v) is 3.68. The summed E-state index contributed by atoms with van der Waals surface area (Å²) < 4.78 is 5.55. The molecule has 2 rings (SSSR count). The van der Waals surface area contributed by atoms with Crippen molar-refractivity contribution < 1.29 is 9.53 Å². The minimum absolute atomic E-state index is 0.0538. The van der Waals surface area contributed by atoms with Crippen LogP contribution in [0, 0.1) is 18.8 Å². The maximum atomic E-state index is 12.2. The van der Waals surface area contributed by atoms with Crippen LogP contribution in [0.15, 0.2) is 18.2 Å². The molecule has 3 N–H and O–H groups in total. The number of nitrogens with one attached hydrogen (secondary N) is 1. The molecule has 1 aliphatic heterocycles. The third kappa shape index (κ3) is 4.32. The average molecular weight is 286 g/mol. The molecule has 112 valence electrons. The Balaban J connectivity index is 1.95. The van der Waals surface area contributed by atoms with Crippen LogP contribution in [-0.2, 0) is 4.74 Å². The van der Waals surface area contributed by atoms with E-state index in [1.54, 1.807) is 0 Å². The van der Waals surface area contributed by atoms with Crippen LogP contribution in [0.25, 0.3) is 0 Å². The maximum Gasteiger partial charge on any atom is 0.251 e. The summed E-state index contributed by atoms with van der Waals surface area (Å²) in [6, 6.07) is 5.58. The van der Waals surface area contributed by atoms with Crippen molar-refractivity contribution in [1.29, 1.82) is 0 Å². The first-order valence-electron chi connectivity index (χ1n) is 7.40. The molecule has 1 atom stereocenters. The second kappa shape index (κ2) is 7.82. The Morgan fingerprint density at radius 3 is 3.10 bits per heavy atom. The second-order valence-corrected chi connectivity index (χ2v) is 5.16. The molecule has 0 bridgehead atoms. The van der Waals surface area contributed by atoms with Gasteiger partial charge in [0.05, 0.1) is 12.6 Å². The number of rotatable bonds is 4. The largest absolute Gasteiger partial charge is 0.378 e. The zero-order chi connectivity index (χ0) is 15.1. The molecular weight excluding hydrogens is 264 g/mol. The predicted octanol–water partition coefficient (Wildman–Crippen LogP) is 1.60. The molecule has 1 heterocycles. The number of ether oxygens (including phenoxy) is 1. The Kier molecular flexibility index (Phi) is 5.79. The highest BCUT2D eigenvalue weighted by Crippen LogP contribution is 2.15. The van der Waals surface area contributed by atoms with Crippen LogP contribution in [0.5, 0.6) is 0 Å². The number of nitrogens with two attached hydrogens (primary N) is 1. The molecule has 0 aromatic heterocycles. The molecular formula is C17H22N2O2. The first-order chi connectivity index (χ1) is 10.2. The number of benzene rings is 1. The monoisotopic (exact) mass is 286 g/mol. The molecule has 1 saturated heterocycles.